The largest absolute Gasteiger partial charge is 0.368 e. The highest BCUT2D eigenvalue weighted by molar-refractivity contribution is 5.81. The van der Waals surface area contributed by atoms with Gasteiger partial charge in [-0.05, 0) is 43.4 Å². The van der Waals surface area contributed by atoms with Crippen molar-refractivity contribution in [2.24, 2.45) is 5.92 Å². The summed E-state index contributed by atoms with van der Waals surface area (Å²) in [6.07, 6.45) is 5.57. The maximum absolute atomic E-state index is 11.8. The minimum atomic E-state index is -0.458. The second-order valence-electron chi connectivity index (χ2n) is 5.59. The fraction of sp³-hybridized carbons (Fsp3) is 0.562. The van der Waals surface area contributed by atoms with Crippen LogP contribution < -0.4 is 10.6 Å². The maximum atomic E-state index is 11.8. The molecule has 6 nitrogen and oxygen atoms in total. The summed E-state index contributed by atoms with van der Waals surface area (Å²) in [4.78, 5) is 27.4. The van der Waals surface area contributed by atoms with E-state index in [2.05, 4.69) is 15.6 Å². The van der Waals surface area contributed by atoms with E-state index in [1.54, 1.807) is 19.3 Å². The molecule has 0 saturated heterocycles. The first-order chi connectivity index (χ1) is 10.6. The van der Waals surface area contributed by atoms with Crippen LogP contribution in [-0.4, -0.2) is 36.1 Å². The molecule has 2 N–H and O–H groups in total. The molecule has 2 amide bonds. The first kappa shape index (κ1) is 16.4. The average Bonchev–Trinajstić information content (AvgIpc) is 3.35. The number of nitrogens with zero attached hydrogens (tertiary/aromatic N) is 1. The predicted octanol–water partition coefficient (Wildman–Crippen LogP) is 1.02. The van der Waals surface area contributed by atoms with Gasteiger partial charge in [-0.2, -0.15) is 0 Å². The van der Waals surface area contributed by atoms with E-state index in [0.29, 0.717) is 25.6 Å². The van der Waals surface area contributed by atoms with E-state index >= 15 is 0 Å². The van der Waals surface area contributed by atoms with Gasteiger partial charge in [0, 0.05) is 31.9 Å². The van der Waals surface area contributed by atoms with Gasteiger partial charge in [0.1, 0.15) is 6.10 Å². The number of amides is 2. The summed E-state index contributed by atoms with van der Waals surface area (Å²) in [5, 5.41) is 5.52. The minimum absolute atomic E-state index is 0.0938. The molecule has 1 heterocycles. The van der Waals surface area contributed by atoms with Crippen LogP contribution in [0.4, 0.5) is 0 Å². The van der Waals surface area contributed by atoms with Crippen molar-refractivity contribution in [2.75, 3.05) is 13.2 Å². The Labute approximate surface area is 130 Å². The van der Waals surface area contributed by atoms with Crippen molar-refractivity contribution in [1.29, 1.82) is 0 Å². The van der Waals surface area contributed by atoms with Crippen molar-refractivity contribution in [3.8, 4) is 0 Å². The Morgan fingerprint density at radius 1 is 1.32 bits per heavy atom. The maximum Gasteiger partial charge on any atom is 0.248 e. The molecule has 1 fully saturated rings. The van der Waals surface area contributed by atoms with Crippen molar-refractivity contribution < 1.29 is 14.3 Å². The number of rotatable bonds is 9. The zero-order valence-corrected chi connectivity index (χ0v) is 12.9. The van der Waals surface area contributed by atoms with Crippen LogP contribution in [0.15, 0.2) is 24.5 Å². The smallest absolute Gasteiger partial charge is 0.248 e. The Kier molecular flexibility index (Phi) is 6.33. The number of aromatic nitrogens is 1. The van der Waals surface area contributed by atoms with Crippen LogP contribution in [0.5, 0.6) is 0 Å². The van der Waals surface area contributed by atoms with E-state index in [1.807, 2.05) is 12.1 Å². The van der Waals surface area contributed by atoms with Crippen molar-refractivity contribution in [1.82, 2.24) is 15.6 Å². The van der Waals surface area contributed by atoms with Crippen LogP contribution in [0.25, 0.3) is 0 Å². The number of ether oxygens (including phenoxy) is 1. The van der Waals surface area contributed by atoms with Gasteiger partial charge in [-0.15, -0.1) is 0 Å². The zero-order chi connectivity index (χ0) is 15.8. The molecule has 2 rings (SSSR count). The lowest BCUT2D eigenvalue weighted by Gasteiger charge is -2.13. The Morgan fingerprint density at radius 2 is 2.05 bits per heavy atom. The van der Waals surface area contributed by atoms with E-state index in [-0.39, 0.29) is 18.2 Å². The van der Waals surface area contributed by atoms with E-state index in [9.17, 15) is 9.59 Å². The van der Waals surface area contributed by atoms with Crippen molar-refractivity contribution >= 4 is 11.8 Å². The molecule has 1 saturated carbocycles. The summed E-state index contributed by atoms with van der Waals surface area (Å²) in [5.74, 6) is 0.375. The number of nitrogens with one attached hydrogen (secondary N) is 2. The monoisotopic (exact) mass is 305 g/mol. The number of hydrogen-bond acceptors (Lipinski definition) is 4. The average molecular weight is 305 g/mol. The standard InChI is InChI=1S/C16H23N3O3/c1-12(22-11-14-2-3-14)16(21)18-9-6-15(20)19-10-13-4-7-17-8-5-13/h4-5,7-8,12,14H,2-3,6,9-11H2,1H3,(H,18,21)(H,19,20)/t12-/m0/s1. The fourth-order valence-corrected chi connectivity index (χ4v) is 1.87. The number of carbonyl (C=O) groups is 2. The second-order valence-corrected chi connectivity index (χ2v) is 5.59. The van der Waals surface area contributed by atoms with Gasteiger partial charge in [-0.3, -0.25) is 14.6 Å². The highest BCUT2D eigenvalue weighted by atomic mass is 16.5. The van der Waals surface area contributed by atoms with Crippen LogP contribution in [0.2, 0.25) is 0 Å². The van der Waals surface area contributed by atoms with Gasteiger partial charge >= 0.3 is 0 Å². The lowest BCUT2D eigenvalue weighted by molar-refractivity contribution is -0.132. The highest BCUT2D eigenvalue weighted by Crippen LogP contribution is 2.29. The molecule has 0 aliphatic heterocycles. The van der Waals surface area contributed by atoms with Crippen LogP contribution in [0.3, 0.4) is 0 Å². The summed E-state index contributed by atoms with van der Waals surface area (Å²) in [5.41, 5.74) is 0.995. The van der Waals surface area contributed by atoms with E-state index in [4.69, 9.17) is 4.74 Å². The SMILES string of the molecule is C[C@H](OCC1CC1)C(=O)NCCC(=O)NCc1ccncc1. The number of hydrogen-bond donors (Lipinski definition) is 2. The molecule has 0 unspecified atom stereocenters. The molecule has 0 bridgehead atoms. The van der Waals surface area contributed by atoms with Gasteiger partial charge in [-0.1, -0.05) is 0 Å². The molecule has 6 heteroatoms. The van der Waals surface area contributed by atoms with Crippen molar-refractivity contribution in [3.63, 3.8) is 0 Å². The quantitative estimate of drug-likeness (QED) is 0.714. The third-order valence-electron chi connectivity index (χ3n) is 3.54. The Hall–Kier alpha value is -1.95. The molecular formula is C16H23N3O3. The third-order valence-corrected chi connectivity index (χ3v) is 3.54. The van der Waals surface area contributed by atoms with Gasteiger partial charge < -0.3 is 15.4 Å². The van der Waals surface area contributed by atoms with E-state index in [0.717, 1.165) is 5.56 Å². The summed E-state index contributed by atoms with van der Waals surface area (Å²) in [7, 11) is 0. The first-order valence-electron chi connectivity index (χ1n) is 7.70. The van der Waals surface area contributed by atoms with Crippen molar-refractivity contribution in [3.05, 3.63) is 30.1 Å². The summed E-state index contributed by atoms with van der Waals surface area (Å²) in [6, 6.07) is 3.70. The number of pyridine rings is 1. The van der Waals surface area contributed by atoms with Crippen LogP contribution >= 0.6 is 0 Å². The van der Waals surface area contributed by atoms with Crippen LogP contribution in [0, 0.1) is 5.92 Å². The summed E-state index contributed by atoms with van der Waals surface area (Å²) >= 11 is 0. The van der Waals surface area contributed by atoms with E-state index < -0.39 is 6.10 Å². The zero-order valence-electron chi connectivity index (χ0n) is 12.9. The minimum Gasteiger partial charge on any atom is -0.368 e. The second kappa shape index (κ2) is 8.48. The molecule has 1 aromatic rings. The topological polar surface area (TPSA) is 80.3 Å². The summed E-state index contributed by atoms with van der Waals surface area (Å²) in [6.45, 7) is 3.18. The van der Waals surface area contributed by atoms with Gasteiger partial charge in [0.05, 0.1) is 6.61 Å². The lowest BCUT2D eigenvalue weighted by Crippen LogP contribution is -2.37. The summed E-state index contributed by atoms with van der Waals surface area (Å²) < 4.78 is 5.47. The van der Waals surface area contributed by atoms with Crippen LogP contribution in [-0.2, 0) is 20.9 Å². The first-order valence-corrected chi connectivity index (χ1v) is 7.70. The lowest BCUT2D eigenvalue weighted by atomic mass is 10.2. The molecule has 0 aromatic carbocycles. The predicted molar refractivity (Wildman–Crippen MR) is 81.8 cm³/mol. The normalized spacial score (nSPS) is 15.1. The van der Waals surface area contributed by atoms with Crippen molar-refractivity contribution in [2.45, 2.75) is 38.8 Å². The molecule has 1 aliphatic rings. The van der Waals surface area contributed by atoms with Gasteiger partial charge in [0.25, 0.3) is 0 Å². The van der Waals surface area contributed by atoms with Gasteiger partial charge in [0.2, 0.25) is 11.8 Å². The van der Waals surface area contributed by atoms with Crippen LogP contribution in [0.1, 0.15) is 31.7 Å². The molecule has 1 aromatic heterocycles. The molecular weight excluding hydrogens is 282 g/mol. The molecule has 0 radical (unpaired) electrons. The Bertz CT molecular complexity index is 489. The van der Waals surface area contributed by atoms with Gasteiger partial charge in [0.15, 0.2) is 0 Å². The molecule has 120 valence electrons. The van der Waals surface area contributed by atoms with E-state index in [1.165, 1.54) is 12.8 Å². The number of carbonyl (C=O) groups excluding carboxylic acids is 2. The highest BCUT2D eigenvalue weighted by Gasteiger charge is 2.23. The molecule has 1 atom stereocenters. The molecule has 1 aliphatic carbocycles. The molecule has 22 heavy (non-hydrogen) atoms. The Balaban J connectivity index is 1.54. The van der Waals surface area contributed by atoms with Gasteiger partial charge in [-0.25, -0.2) is 0 Å². The third kappa shape index (κ3) is 6.22. The fourth-order valence-electron chi connectivity index (χ4n) is 1.87. The Morgan fingerprint density at radius 3 is 2.73 bits per heavy atom. The molecule has 0 spiro atoms.